The molecule has 0 saturated carbocycles. The van der Waals surface area contributed by atoms with Crippen molar-refractivity contribution in [3.05, 3.63) is 29.3 Å². The second-order valence-corrected chi connectivity index (χ2v) is 6.01. The van der Waals surface area contributed by atoms with Crippen LogP contribution in [0.2, 0.25) is 0 Å². The van der Waals surface area contributed by atoms with E-state index < -0.39 is 0 Å². The Bertz CT molecular complexity index is 468. The standard InChI is InChI=1S/C15H23N3O/c1-15(2,9-16)10-17-6-5-11-3-4-13-12(7-11)8-14(19)18-13/h3-4,7,17H,5-6,8-10,16H2,1-2H3,(H,18,19). The third-order valence-electron chi connectivity index (χ3n) is 3.54. The van der Waals surface area contributed by atoms with E-state index in [0.717, 1.165) is 30.8 Å². The molecule has 104 valence electrons. The van der Waals surface area contributed by atoms with Crippen molar-refractivity contribution in [3.8, 4) is 0 Å². The van der Waals surface area contributed by atoms with Gasteiger partial charge in [-0.3, -0.25) is 4.79 Å². The highest BCUT2D eigenvalue weighted by Crippen LogP contribution is 2.23. The van der Waals surface area contributed by atoms with Crippen LogP contribution in [0.5, 0.6) is 0 Å². The molecule has 19 heavy (non-hydrogen) atoms. The van der Waals surface area contributed by atoms with Crippen LogP contribution in [-0.2, 0) is 17.6 Å². The van der Waals surface area contributed by atoms with Crippen LogP contribution in [0.3, 0.4) is 0 Å². The predicted molar refractivity (Wildman–Crippen MR) is 78.2 cm³/mol. The van der Waals surface area contributed by atoms with Gasteiger partial charge in [0, 0.05) is 12.2 Å². The fourth-order valence-electron chi connectivity index (χ4n) is 2.17. The number of fused-ring (bicyclic) bond motifs is 1. The maximum absolute atomic E-state index is 11.3. The number of hydrogen-bond donors (Lipinski definition) is 3. The van der Waals surface area contributed by atoms with Gasteiger partial charge in [0.25, 0.3) is 0 Å². The topological polar surface area (TPSA) is 67.1 Å². The maximum Gasteiger partial charge on any atom is 0.228 e. The molecule has 1 amide bonds. The van der Waals surface area contributed by atoms with E-state index in [1.54, 1.807) is 0 Å². The summed E-state index contributed by atoms with van der Waals surface area (Å²) in [5.41, 5.74) is 9.19. The molecule has 0 atom stereocenters. The lowest BCUT2D eigenvalue weighted by Crippen LogP contribution is -2.36. The Morgan fingerprint density at radius 1 is 1.42 bits per heavy atom. The number of benzene rings is 1. The van der Waals surface area contributed by atoms with Crippen molar-refractivity contribution in [1.29, 1.82) is 0 Å². The van der Waals surface area contributed by atoms with Gasteiger partial charge in [0.1, 0.15) is 0 Å². The number of amides is 1. The summed E-state index contributed by atoms with van der Waals surface area (Å²) in [6.45, 7) is 6.87. The first-order chi connectivity index (χ1) is 9.00. The second-order valence-electron chi connectivity index (χ2n) is 6.01. The average molecular weight is 261 g/mol. The average Bonchev–Trinajstić information content (AvgIpc) is 2.74. The van der Waals surface area contributed by atoms with Gasteiger partial charge in [-0.25, -0.2) is 0 Å². The van der Waals surface area contributed by atoms with Gasteiger partial charge in [-0.2, -0.15) is 0 Å². The molecule has 4 heteroatoms. The number of nitrogens with two attached hydrogens (primary N) is 1. The van der Waals surface area contributed by atoms with Gasteiger partial charge in [0.2, 0.25) is 5.91 Å². The number of nitrogens with one attached hydrogen (secondary N) is 2. The number of carbonyl (C=O) groups is 1. The molecule has 1 aliphatic heterocycles. The van der Waals surface area contributed by atoms with Crippen LogP contribution in [0.4, 0.5) is 5.69 Å². The summed E-state index contributed by atoms with van der Waals surface area (Å²) < 4.78 is 0. The quantitative estimate of drug-likeness (QED) is 0.676. The fourth-order valence-corrected chi connectivity index (χ4v) is 2.17. The Hall–Kier alpha value is -1.39. The molecule has 1 heterocycles. The number of rotatable bonds is 6. The predicted octanol–water partition coefficient (Wildman–Crippen LogP) is 1.30. The van der Waals surface area contributed by atoms with E-state index in [2.05, 4.69) is 36.6 Å². The lowest BCUT2D eigenvalue weighted by atomic mass is 9.94. The summed E-state index contributed by atoms with van der Waals surface area (Å²) >= 11 is 0. The van der Waals surface area contributed by atoms with Crippen LogP contribution in [-0.4, -0.2) is 25.5 Å². The molecule has 0 aromatic heterocycles. The first kappa shape index (κ1) is 14.0. The molecular formula is C15H23N3O. The number of carbonyl (C=O) groups excluding carboxylic acids is 1. The highest BCUT2D eigenvalue weighted by atomic mass is 16.1. The van der Waals surface area contributed by atoms with Gasteiger partial charge in [-0.1, -0.05) is 26.0 Å². The highest BCUT2D eigenvalue weighted by Gasteiger charge is 2.17. The highest BCUT2D eigenvalue weighted by molar-refractivity contribution is 5.99. The van der Waals surface area contributed by atoms with Gasteiger partial charge in [0.05, 0.1) is 6.42 Å². The summed E-state index contributed by atoms with van der Waals surface area (Å²) in [5, 5.41) is 6.29. The van der Waals surface area contributed by atoms with Crippen molar-refractivity contribution in [3.63, 3.8) is 0 Å². The number of hydrogen-bond acceptors (Lipinski definition) is 3. The van der Waals surface area contributed by atoms with E-state index in [4.69, 9.17) is 5.73 Å². The van der Waals surface area contributed by atoms with E-state index in [-0.39, 0.29) is 11.3 Å². The van der Waals surface area contributed by atoms with Gasteiger partial charge in [-0.05, 0) is 42.1 Å². The molecule has 0 unspecified atom stereocenters. The lowest BCUT2D eigenvalue weighted by Gasteiger charge is -2.22. The normalized spacial score (nSPS) is 14.4. The molecule has 4 N–H and O–H groups in total. The van der Waals surface area contributed by atoms with Crippen molar-refractivity contribution < 1.29 is 4.79 Å². The summed E-state index contributed by atoms with van der Waals surface area (Å²) in [6.07, 6.45) is 1.49. The van der Waals surface area contributed by atoms with Crippen molar-refractivity contribution >= 4 is 11.6 Å². The Morgan fingerprint density at radius 2 is 2.21 bits per heavy atom. The molecule has 0 saturated heterocycles. The van der Waals surface area contributed by atoms with Gasteiger partial charge in [0.15, 0.2) is 0 Å². The molecule has 0 fully saturated rings. The van der Waals surface area contributed by atoms with Crippen LogP contribution in [0.25, 0.3) is 0 Å². The van der Waals surface area contributed by atoms with Crippen LogP contribution < -0.4 is 16.4 Å². The van der Waals surface area contributed by atoms with E-state index in [1.165, 1.54) is 5.56 Å². The van der Waals surface area contributed by atoms with Crippen molar-refractivity contribution in [2.75, 3.05) is 25.0 Å². The molecule has 0 spiro atoms. The third kappa shape index (κ3) is 3.78. The summed E-state index contributed by atoms with van der Waals surface area (Å²) in [4.78, 5) is 11.3. The summed E-state index contributed by atoms with van der Waals surface area (Å²) in [5.74, 6) is 0.0926. The molecule has 0 aliphatic carbocycles. The molecule has 1 aromatic carbocycles. The van der Waals surface area contributed by atoms with Crippen molar-refractivity contribution in [2.45, 2.75) is 26.7 Å². The van der Waals surface area contributed by atoms with Gasteiger partial charge >= 0.3 is 0 Å². The van der Waals surface area contributed by atoms with Crippen LogP contribution >= 0.6 is 0 Å². The molecule has 2 rings (SSSR count). The van der Waals surface area contributed by atoms with E-state index in [0.29, 0.717) is 13.0 Å². The SMILES string of the molecule is CC(C)(CN)CNCCc1ccc2c(c1)CC(=O)N2. The van der Waals surface area contributed by atoms with Crippen molar-refractivity contribution in [1.82, 2.24) is 5.32 Å². The Balaban J connectivity index is 1.81. The van der Waals surface area contributed by atoms with E-state index >= 15 is 0 Å². The monoisotopic (exact) mass is 261 g/mol. The second kappa shape index (κ2) is 5.72. The molecule has 1 aliphatic rings. The minimum Gasteiger partial charge on any atom is -0.330 e. The fraction of sp³-hybridized carbons (Fsp3) is 0.533. The molecule has 4 nitrogen and oxygen atoms in total. The zero-order chi connectivity index (χ0) is 13.9. The Kier molecular flexibility index (Phi) is 4.22. The smallest absolute Gasteiger partial charge is 0.228 e. The van der Waals surface area contributed by atoms with E-state index in [9.17, 15) is 4.79 Å². The zero-order valence-electron chi connectivity index (χ0n) is 11.8. The van der Waals surface area contributed by atoms with Crippen LogP contribution in [0.15, 0.2) is 18.2 Å². The zero-order valence-corrected chi connectivity index (χ0v) is 11.8. The van der Waals surface area contributed by atoms with Crippen LogP contribution in [0, 0.1) is 5.41 Å². The molecule has 1 aromatic rings. The summed E-state index contributed by atoms with van der Waals surface area (Å²) in [6, 6.07) is 6.21. The Morgan fingerprint density at radius 3 is 2.95 bits per heavy atom. The van der Waals surface area contributed by atoms with Crippen LogP contribution in [0.1, 0.15) is 25.0 Å². The van der Waals surface area contributed by atoms with Crippen molar-refractivity contribution in [2.24, 2.45) is 11.1 Å². The van der Waals surface area contributed by atoms with Gasteiger partial charge in [-0.15, -0.1) is 0 Å². The maximum atomic E-state index is 11.3. The molecule has 0 bridgehead atoms. The van der Waals surface area contributed by atoms with E-state index in [1.807, 2.05) is 6.07 Å². The number of anilines is 1. The summed E-state index contributed by atoms with van der Waals surface area (Å²) in [7, 11) is 0. The lowest BCUT2D eigenvalue weighted by molar-refractivity contribution is -0.115. The first-order valence-corrected chi connectivity index (χ1v) is 6.83. The van der Waals surface area contributed by atoms with Gasteiger partial charge < -0.3 is 16.4 Å². The minimum atomic E-state index is 0.0926. The largest absolute Gasteiger partial charge is 0.330 e. The minimum absolute atomic E-state index is 0.0926. The molecular weight excluding hydrogens is 238 g/mol. The molecule has 0 radical (unpaired) electrons. The third-order valence-corrected chi connectivity index (χ3v) is 3.54. The first-order valence-electron chi connectivity index (χ1n) is 6.83. The Labute approximate surface area is 114 Å².